The third-order valence-electron chi connectivity index (χ3n) is 4.23. The highest BCUT2D eigenvalue weighted by Crippen LogP contribution is 2.29. The number of urea groups is 1. The smallest absolute Gasteiger partial charge is 0.319 e. The number of hydrogen-bond donors (Lipinski definition) is 3. The molecule has 7 nitrogen and oxygen atoms in total. The first kappa shape index (κ1) is 16.9. The number of nitrogens with zero attached hydrogens (tertiary/aromatic N) is 1. The fourth-order valence-electron chi connectivity index (χ4n) is 2.95. The molecule has 0 aliphatic carbocycles. The van der Waals surface area contributed by atoms with Crippen molar-refractivity contribution in [1.29, 1.82) is 0 Å². The van der Waals surface area contributed by atoms with Gasteiger partial charge in [0.25, 0.3) is 0 Å². The van der Waals surface area contributed by atoms with E-state index in [1.165, 1.54) is 6.42 Å². The molecule has 1 saturated heterocycles. The number of furan rings is 1. The van der Waals surface area contributed by atoms with Crippen molar-refractivity contribution in [2.45, 2.75) is 25.8 Å². The van der Waals surface area contributed by atoms with Gasteiger partial charge in [0, 0.05) is 18.7 Å². The molecule has 0 atom stereocenters. The summed E-state index contributed by atoms with van der Waals surface area (Å²) in [6, 6.07) is 8.34. The summed E-state index contributed by atoms with van der Waals surface area (Å²) in [5.74, 6) is 0.140. The number of carbonyl (C=O) groups excluding carboxylic acids is 2. The van der Waals surface area contributed by atoms with Crippen molar-refractivity contribution in [3.8, 4) is 0 Å². The van der Waals surface area contributed by atoms with Gasteiger partial charge in [-0.25, -0.2) is 4.79 Å². The molecule has 1 aromatic carbocycles. The predicted molar refractivity (Wildman–Crippen MR) is 95.6 cm³/mol. The van der Waals surface area contributed by atoms with E-state index in [2.05, 4.69) is 15.5 Å². The molecule has 1 fully saturated rings. The minimum atomic E-state index is -0.524. The number of piperidine rings is 1. The molecule has 0 unspecified atom stereocenters. The first-order chi connectivity index (χ1) is 12.1. The number of benzene rings is 1. The van der Waals surface area contributed by atoms with Gasteiger partial charge in [0.15, 0.2) is 0 Å². The summed E-state index contributed by atoms with van der Waals surface area (Å²) in [5.41, 5.74) is 7.21. The molecular formula is C18H22N4O3. The van der Waals surface area contributed by atoms with E-state index in [1.54, 1.807) is 30.5 Å². The molecule has 1 aliphatic rings. The van der Waals surface area contributed by atoms with Gasteiger partial charge in [0.1, 0.15) is 5.76 Å². The SMILES string of the molecule is NC(=O)c1ccc(N2CCCCC2)c(NC(=O)NCc2ccco2)c1. The second kappa shape index (κ2) is 7.74. The maximum Gasteiger partial charge on any atom is 0.319 e. The number of nitrogens with two attached hydrogens (primary N) is 1. The van der Waals surface area contributed by atoms with Gasteiger partial charge >= 0.3 is 6.03 Å². The third kappa shape index (κ3) is 4.32. The number of carbonyl (C=O) groups is 2. The Hall–Kier alpha value is -2.96. The second-order valence-electron chi connectivity index (χ2n) is 6.03. The summed E-state index contributed by atoms with van der Waals surface area (Å²) in [6.07, 6.45) is 4.99. The van der Waals surface area contributed by atoms with Gasteiger partial charge in [0.2, 0.25) is 5.91 Å². The second-order valence-corrected chi connectivity index (χ2v) is 6.03. The fourth-order valence-corrected chi connectivity index (χ4v) is 2.95. The number of rotatable bonds is 5. The Bertz CT molecular complexity index is 737. The Morgan fingerprint density at radius 2 is 1.96 bits per heavy atom. The molecule has 3 amide bonds. The van der Waals surface area contributed by atoms with E-state index in [4.69, 9.17) is 10.2 Å². The van der Waals surface area contributed by atoms with Crippen LogP contribution >= 0.6 is 0 Å². The Balaban J connectivity index is 1.75. The molecule has 2 heterocycles. The Morgan fingerprint density at radius 3 is 2.64 bits per heavy atom. The molecule has 3 rings (SSSR count). The molecule has 0 bridgehead atoms. The van der Waals surface area contributed by atoms with Gasteiger partial charge in [-0.2, -0.15) is 0 Å². The first-order valence-electron chi connectivity index (χ1n) is 8.39. The van der Waals surface area contributed by atoms with Crippen molar-refractivity contribution in [3.63, 3.8) is 0 Å². The zero-order valence-corrected chi connectivity index (χ0v) is 14.0. The van der Waals surface area contributed by atoms with Crippen LogP contribution in [0, 0.1) is 0 Å². The van der Waals surface area contributed by atoms with E-state index in [0.717, 1.165) is 31.6 Å². The number of primary amides is 1. The molecule has 2 aromatic rings. The molecule has 7 heteroatoms. The summed E-state index contributed by atoms with van der Waals surface area (Å²) < 4.78 is 5.19. The van der Waals surface area contributed by atoms with Crippen molar-refractivity contribution in [2.75, 3.05) is 23.3 Å². The lowest BCUT2D eigenvalue weighted by Gasteiger charge is -2.30. The van der Waals surface area contributed by atoms with Crippen LogP contribution in [0.3, 0.4) is 0 Å². The number of amides is 3. The highest BCUT2D eigenvalue weighted by atomic mass is 16.3. The molecule has 25 heavy (non-hydrogen) atoms. The number of anilines is 2. The van der Waals surface area contributed by atoms with Crippen LogP contribution < -0.4 is 21.3 Å². The van der Waals surface area contributed by atoms with Gasteiger partial charge in [-0.1, -0.05) is 0 Å². The van der Waals surface area contributed by atoms with Gasteiger partial charge < -0.3 is 25.7 Å². The molecule has 0 radical (unpaired) electrons. The monoisotopic (exact) mass is 342 g/mol. The van der Waals surface area contributed by atoms with E-state index in [0.29, 0.717) is 17.0 Å². The summed E-state index contributed by atoms with van der Waals surface area (Å²) in [5, 5.41) is 5.56. The Labute approximate surface area is 146 Å². The van der Waals surface area contributed by atoms with Crippen molar-refractivity contribution >= 4 is 23.3 Å². The summed E-state index contributed by atoms with van der Waals surface area (Å²) >= 11 is 0. The highest BCUT2D eigenvalue weighted by Gasteiger charge is 2.17. The summed E-state index contributed by atoms with van der Waals surface area (Å²) in [6.45, 7) is 2.14. The predicted octanol–water partition coefficient (Wildman–Crippen LogP) is 2.69. The lowest BCUT2D eigenvalue weighted by molar-refractivity contribution is 0.100. The van der Waals surface area contributed by atoms with E-state index in [-0.39, 0.29) is 12.6 Å². The highest BCUT2D eigenvalue weighted by molar-refractivity contribution is 5.98. The number of nitrogens with one attached hydrogen (secondary N) is 2. The summed E-state index contributed by atoms with van der Waals surface area (Å²) in [7, 11) is 0. The van der Waals surface area contributed by atoms with E-state index in [1.807, 2.05) is 6.07 Å². The molecular weight excluding hydrogens is 320 g/mol. The van der Waals surface area contributed by atoms with E-state index in [9.17, 15) is 9.59 Å². The van der Waals surface area contributed by atoms with Gasteiger partial charge in [-0.3, -0.25) is 4.79 Å². The third-order valence-corrected chi connectivity index (χ3v) is 4.23. The van der Waals surface area contributed by atoms with Crippen LogP contribution in [0.5, 0.6) is 0 Å². The molecule has 132 valence electrons. The topological polar surface area (TPSA) is 101 Å². The maximum absolute atomic E-state index is 12.2. The lowest BCUT2D eigenvalue weighted by atomic mass is 10.1. The number of hydrogen-bond acceptors (Lipinski definition) is 4. The molecule has 1 aromatic heterocycles. The first-order valence-corrected chi connectivity index (χ1v) is 8.39. The van der Waals surface area contributed by atoms with Crippen molar-refractivity contribution in [3.05, 3.63) is 47.9 Å². The minimum Gasteiger partial charge on any atom is -0.467 e. The Kier molecular flexibility index (Phi) is 5.23. The average Bonchev–Trinajstić information content (AvgIpc) is 3.14. The van der Waals surface area contributed by atoms with Crippen molar-refractivity contribution < 1.29 is 14.0 Å². The zero-order chi connectivity index (χ0) is 17.6. The van der Waals surface area contributed by atoms with Crippen molar-refractivity contribution in [1.82, 2.24) is 5.32 Å². The lowest BCUT2D eigenvalue weighted by Crippen LogP contribution is -2.32. The van der Waals surface area contributed by atoms with Crippen LogP contribution in [0.15, 0.2) is 41.0 Å². The van der Waals surface area contributed by atoms with Crippen LogP contribution in [-0.2, 0) is 6.54 Å². The van der Waals surface area contributed by atoms with Crippen LogP contribution in [-0.4, -0.2) is 25.0 Å². The van der Waals surface area contributed by atoms with Gasteiger partial charge in [-0.15, -0.1) is 0 Å². The summed E-state index contributed by atoms with van der Waals surface area (Å²) in [4.78, 5) is 25.9. The fraction of sp³-hybridized carbons (Fsp3) is 0.333. The molecule has 0 spiro atoms. The van der Waals surface area contributed by atoms with E-state index >= 15 is 0 Å². The molecule has 1 aliphatic heterocycles. The van der Waals surface area contributed by atoms with Crippen LogP contribution in [0.4, 0.5) is 16.2 Å². The Morgan fingerprint density at radius 1 is 1.16 bits per heavy atom. The normalized spacial score (nSPS) is 14.2. The van der Waals surface area contributed by atoms with Crippen LogP contribution in [0.2, 0.25) is 0 Å². The standard InChI is InChI=1S/C18H22N4O3/c19-17(23)13-6-7-16(22-8-2-1-3-9-22)15(11-13)21-18(24)20-12-14-5-4-10-25-14/h4-7,10-11H,1-3,8-9,12H2,(H2,19,23)(H2,20,21,24). The minimum absolute atomic E-state index is 0.285. The van der Waals surface area contributed by atoms with Crippen LogP contribution in [0.1, 0.15) is 35.4 Å². The molecule has 0 saturated carbocycles. The van der Waals surface area contributed by atoms with Crippen LogP contribution in [0.25, 0.3) is 0 Å². The maximum atomic E-state index is 12.2. The zero-order valence-electron chi connectivity index (χ0n) is 14.0. The van der Waals surface area contributed by atoms with Gasteiger partial charge in [-0.05, 0) is 49.6 Å². The van der Waals surface area contributed by atoms with Crippen molar-refractivity contribution in [2.24, 2.45) is 5.73 Å². The quantitative estimate of drug-likeness (QED) is 0.777. The average molecular weight is 342 g/mol. The largest absolute Gasteiger partial charge is 0.467 e. The van der Waals surface area contributed by atoms with E-state index < -0.39 is 5.91 Å². The molecule has 4 N–H and O–H groups in total. The van der Waals surface area contributed by atoms with Gasteiger partial charge in [0.05, 0.1) is 24.2 Å².